The van der Waals surface area contributed by atoms with E-state index < -0.39 is 0 Å². The van der Waals surface area contributed by atoms with Gasteiger partial charge in [-0.05, 0) is 32.0 Å². The molecule has 0 aromatic carbocycles. The van der Waals surface area contributed by atoms with Gasteiger partial charge in [-0.25, -0.2) is 0 Å². The van der Waals surface area contributed by atoms with Crippen molar-refractivity contribution >= 4 is 11.6 Å². The normalized spacial score (nSPS) is 10.7. The Morgan fingerprint density at radius 1 is 1.38 bits per heavy atom. The summed E-state index contributed by atoms with van der Waals surface area (Å²) in [5.41, 5.74) is 4.55. The molecular formula is C19H23N5O2. The molecule has 136 valence electrons. The first-order chi connectivity index (χ1) is 12.6. The van der Waals surface area contributed by atoms with Crippen LogP contribution in [0.5, 0.6) is 0 Å². The van der Waals surface area contributed by atoms with Crippen molar-refractivity contribution in [1.29, 1.82) is 0 Å². The summed E-state index contributed by atoms with van der Waals surface area (Å²) < 4.78 is 6.98. The summed E-state index contributed by atoms with van der Waals surface area (Å²) in [4.78, 5) is 18.6. The Kier molecular flexibility index (Phi) is 5.36. The molecule has 0 bridgehead atoms. The highest BCUT2D eigenvalue weighted by Gasteiger charge is 2.12. The van der Waals surface area contributed by atoms with Gasteiger partial charge in [-0.2, -0.15) is 5.10 Å². The van der Waals surface area contributed by atoms with Gasteiger partial charge < -0.3 is 14.6 Å². The van der Waals surface area contributed by atoms with Crippen LogP contribution in [0.1, 0.15) is 34.2 Å². The zero-order valence-corrected chi connectivity index (χ0v) is 15.3. The van der Waals surface area contributed by atoms with E-state index in [-0.39, 0.29) is 5.91 Å². The largest absolute Gasteiger partial charge is 0.472 e. The van der Waals surface area contributed by atoms with Crippen LogP contribution in [-0.2, 0) is 19.6 Å². The van der Waals surface area contributed by atoms with E-state index in [2.05, 4.69) is 34.1 Å². The first kappa shape index (κ1) is 17.7. The smallest absolute Gasteiger partial charge is 0.270 e. The molecule has 0 aliphatic carbocycles. The molecule has 3 aromatic heterocycles. The summed E-state index contributed by atoms with van der Waals surface area (Å²) >= 11 is 0. The highest BCUT2D eigenvalue weighted by Crippen LogP contribution is 2.18. The molecule has 7 nitrogen and oxygen atoms in total. The lowest BCUT2D eigenvalue weighted by Gasteiger charge is -2.19. The molecule has 0 fully saturated rings. The zero-order chi connectivity index (χ0) is 18.5. The van der Waals surface area contributed by atoms with E-state index in [0.29, 0.717) is 18.8 Å². The van der Waals surface area contributed by atoms with E-state index in [1.807, 2.05) is 30.1 Å². The Morgan fingerprint density at radius 2 is 2.23 bits per heavy atom. The molecule has 0 aliphatic heterocycles. The topological polar surface area (TPSA) is 76.2 Å². The average molecular weight is 353 g/mol. The monoisotopic (exact) mass is 353 g/mol. The van der Waals surface area contributed by atoms with Gasteiger partial charge in [0.15, 0.2) is 0 Å². The van der Waals surface area contributed by atoms with Crippen molar-refractivity contribution in [3.05, 3.63) is 65.6 Å². The number of nitrogens with one attached hydrogen (secondary N) is 1. The number of hydrogen-bond donors (Lipinski definition) is 1. The number of carbonyl (C=O) groups is 1. The second-order valence-corrected chi connectivity index (χ2v) is 6.14. The Hall–Kier alpha value is -3.09. The molecule has 3 rings (SSSR count). The second kappa shape index (κ2) is 7.86. The van der Waals surface area contributed by atoms with Crippen molar-refractivity contribution in [3.8, 4) is 0 Å². The second-order valence-electron chi connectivity index (χ2n) is 6.14. The van der Waals surface area contributed by atoms with E-state index in [9.17, 15) is 4.79 Å². The number of hydrogen-bond acceptors (Lipinski definition) is 5. The van der Waals surface area contributed by atoms with Crippen LogP contribution in [0.3, 0.4) is 0 Å². The molecule has 7 heteroatoms. The van der Waals surface area contributed by atoms with Gasteiger partial charge in [-0.15, -0.1) is 0 Å². The lowest BCUT2D eigenvalue weighted by Crippen LogP contribution is -2.24. The molecule has 0 saturated carbocycles. The van der Waals surface area contributed by atoms with Gasteiger partial charge in [0.1, 0.15) is 5.69 Å². The van der Waals surface area contributed by atoms with Gasteiger partial charge >= 0.3 is 0 Å². The summed E-state index contributed by atoms with van der Waals surface area (Å²) in [5.74, 6) is -0.212. The molecule has 26 heavy (non-hydrogen) atoms. The molecule has 0 spiro atoms. The Labute approximate surface area is 152 Å². The van der Waals surface area contributed by atoms with Gasteiger partial charge in [0.2, 0.25) is 0 Å². The SMILES string of the molecule is CCn1ncc(CN(C)c2ccnc(C(=O)NCc3ccoc3)c2)c1C. The lowest BCUT2D eigenvalue weighted by molar-refractivity contribution is 0.0946. The molecule has 1 amide bonds. The Bertz CT molecular complexity index is 870. The number of amides is 1. The summed E-state index contributed by atoms with van der Waals surface area (Å²) in [6.45, 7) is 6.12. The maximum Gasteiger partial charge on any atom is 0.270 e. The van der Waals surface area contributed by atoms with E-state index in [1.54, 1.807) is 24.8 Å². The number of aromatic nitrogens is 3. The fourth-order valence-corrected chi connectivity index (χ4v) is 2.75. The minimum Gasteiger partial charge on any atom is -0.472 e. The molecule has 0 unspecified atom stereocenters. The van der Waals surface area contributed by atoms with Crippen LogP contribution < -0.4 is 10.2 Å². The van der Waals surface area contributed by atoms with Crippen LogP contribution in [0.2, 0.25) is 0 Å². The lowest BCUT2D eigenvalue weighted by atomic mass is 10.2. The maximum atomic E-state index is 12.3. The quantitative estimate of drug-likeness (QED) is 0.707. The van der Waals surface area contributed by atoms with Gasteiger partial charge in [0, 0.05) is 55.4 Å². The first-order valence-corrected chi connectivity index (χ1v) is 8.56. The molecule has 0 atom stereocenters. The molecule has 0 saturated heterocycles. The average Bonchev–Trinajstić information content (AvgIpc) is 3.30. The standard InChI is InChI=1S/C19H23N5O2/c1-4-24-14(2)16(11-22-24)12-23(3)17-5-7-20-18(9-17)19(25)21-10-15-6-8-26-13-15/h5-9,11,13H,4,10,12H2,1-3H3,(H,21,25). The van der Waals surface area contributed by atoms with Crippen molar-refractivity contribution in [2.75, 3.05) is 11.9 Å². The van der Waals surface area contributed by atoms with Gasteiger partial charge in [0.25, 0.3) is 5.91 Å². The number of nitrogens with zero attached hydrogens (tertiary/aromatic N) is 4. The third-order valence-corrected chi connectivity index (χ3v) is 4.36. The predicted molar refractivity (Wildman–Crippen MR) is 98.9 cm³/mol. The predicted octanol–water partition coefficient (Wildman–Crippen LogP) is 2.77. The molecular weight excluding hydrogens is 330 g/mol. The van der Waals surface area contributed by atoms with E-state index in [1.165, 1.54) is 0 Å². The Balaban J connectivity index is 1.67. The summed E-state index contributed by atoms with van der Waals surface area (Å²) in [7, 11) is 1.99. The van der Waals surface area contributed by atoms with Crippen molar-refractivity contribution in [3.63, 3.8) is 0 Å². The highest BCUT2D eigenvalue weighted by molar-refractivity contribution is 5.93. The van der Waals surface area contributed by atoms with Gasteiger partial charge in [0.05, 0.1) is 18.7 Å². The molecule has 3 aromatic rings. The van der Waals surface area contributed by atoms with Crippen LogP contribution in [0.25, 0.3) is 0 Å². The minimum absolute atomic E-state index is 0.212. The zero-order valence-electron chi connectivity index (χ0n) is 15.3. The summed E-state index contributed by atoms with van der Waals surface area (Å²) in [6.07, 6.45) is 6.74. The third kappa shape index (κ3) is 3.93. The van der Waals surface area contributed by atoms with Gasteiger partial charge in [-0.3, -0.25) is 14.5 Å². The highest BCUT2D eigenvalue weighted by atomic mass is 16.3. The van der Waals surface area contributed by atoms with Crippen molar-refractivity contribution in [1.82, 2.24) is 20.1 Å². The number of furan rings is 1. The van der Waals surface area contributed by atoms with Crippen molar-refractivity contribution in [2.24, 2.45) is 0 Å². The van der Waals surface area contributed by atoms with Gasteiger partial charge in [-0.1, -0.05) is 0 Å². The van der Waals surface area contributed by atoms with Crippen molar-refractivity contribution in [2.45, 2.75) is 33.5 Å². The van der Waals surface area contributed by atoms with Crippen molar-refractivity contribution < 1.29 is 9.21 Å². The number of rotatable bonds is 7. The number of carbonyl (C=O) groups excluding carboxylic acids is 1. The van der Waals surface area contributed by atoms with E-state index in [0.717, 1.165) is 29.1 Å². The van der Waals surface area contributed by atoms with Crippen LogP contribution in [0.15, 0.2) is 47.5 Å². The molecule has 0 radical (unpaired) electrons. The molecule has 3 heterocycles. The minimum atomic E-state index is -0.212. The molecule has 0 aliphatic rings. The number of anilines is 1. The number of aryl methyl sites for hydroxylation is 1. The summed E-state index contributed by atoms with van der Waals surface area (Å²) in [6, 6.07) is 5.51. The van der Waals surface area contributed by atoms with Crippen LogP contribution >= 0.6 is 0 Å². The molecule has 1 N–H and O–H groups in total. The Morgan fingerprint density at radius 3 is 2.92 bits per heavy atom. The summed E-state index contributed by atoms with van der Waals surface area (Å²) in [5, 5.41) is 7.23. The van der Waals surface area contributed by atoms with Crippen LogP contribution in [0, 0.1) is 6.92 Å². The van der Waals surface area contributed by atoms with E-state index in [4.69, 9.17) is 4.42 Å². The van der Waals surface area contributed by atoms with Crippen LogP contribution in [-0.4, -0.2) is 27.7 Å². The number of pyridine rings is 1. The van der Waals surface area contributed by atoms with Crippen LogP contribution in [0.4, 0.5) is 5.69 Å². The fraction of sp³-hybridized carbons (Fsp3) is 0.316. The van der Waals surface area contributed by atoms with E-state index >= 15 is 0 Å². The fourth-order valence-electron chi connectivity index (χ4n) is 2.75. The third-order valence-electron chi connectivity index (χ3n) is 4.36. The first-order valence-electron chi connectivity index (χ1n) is 8.56. The maximum absolute atomic E-state index is 12.3.